The van der Waals surface area contributed by atoms with Crippen molar-refractivity contribution in [2.75, 3.05) is 13.1 Å². The van der Waals surface area contributed by atoms with E-state index in [2.05, 4.69) is 36.2 Å². The second-order valence-corrected chi connectivity index (χ2v) is 5.74. The van der Waals surface area contributed by atoms with Crippen LogP contribution in [0.4, 0.5) is 0 Å². The molecule has 1 aromatic carbocycles. The number of nitrogens with zero attached hydrogens (tertiary/aromatic N) is 1. The minimum Gasteiger partial charge on any atom is -0.311 e. The van der Waals surface area contributed by atoms with E-state index < -0.39 is 0 Å². The van der Waals surface area contributed by atoms with Crippen LogP contribution in [0, 0.1) is 0 Å². The fraction of sp³-hybridized carbons (Fsp3) is 0.600. The van der Waals surface area contributed by atoms with Gasteiger partial charge in [-0.15, -0.1) is 0 Å². The first-order valence-electron chi connectivity index (χ1n) is 6.91. The van der Waals surface area contributed by atoms with Gasteiger partial charge in [0.05, 0.1) is 0 Å². The fourth-order valence-corrected chi connectivity index (χ4v) is 2.84. The van der Waals surface area contributed by atoms with Crippen LogP contribution in [0.2, 0.25) is 5.02 Å². The molecule has 1 fully saturated rings. The summed E-state index contributed by atoms with van der Waals surface area (Å²) in [6, 6.07) is 9.45. The molecule has 100 valence electrons. The van der Waals surface area contributed by atoms with E-state index >= 15 is 0 Å². The van der Waals surface area contributed by atoms with Crippen LogP contribution >= 0.6 is 11.6 Å². The minimum atomic E-state index is 0.595. The van der Waals surface area contributed by atoms with E-state index in [1.54, 1.807) is 0 Å². The van der Waals surface area contributed by atoms with Gasteiger partial charge in [-0.2, -0.15) is 0 Å². The van der Waals surface area contributed by atoms with E-state index in [9.17, 15) is 0 Å². The van der Waals surface area contributed by atoms with E-state index in [0.29, 0.717) is 12.1 Å². The molecule has 0 aromatic heterocycles. The smallest absolute Gasteiger partial charge is 0.0409 e. The Labute approximate surface area is 115 Å². The van der Waals surface area contributed by atoms with E-state index in [1.807, 2.05) is 12.1 Å². The molecule has 0 spiro atoms. The van der Waals surface area contributed by atoms with Gasteiger partial charge in [0.25, 0.3) is 0 Å². The average molecular weight is 267 g/mol. The summed E-state index contributed by atoms with van der Waals surface area (Å²) in [5, 5.41) is 4.46. The number of piperazine rings is 1. The molecule has 2 rings (SSSR count). The van der Waals surface area contributed by atoms with E-state index in [4.69, 9.17) is 11.6 Å². The van der Waals surface area contributed by atoms with Gasteiger partial charge in [-0.05, 0) is 31.0 Å². The number of hydrogen-bond acceptors (Lipinski definition) is 2. The van der Waals surface area contributed by atoms with Crippen molar-refractivity contribution in [1.29, 1.82) is 0 Å². The predicted molar refractivity (Wildman–Crippen MR) is 78.0 cm³/mol. The second-order valence-electron chi connectivity index (χ2n) is 5.30. The summed E-state index contributed by atoms with van der Waals surface area (Å²) in [4.78, 5) is 2.56. The molecule has 1 aliphatic heterocycles. The van der Waals surface area contributed by atoms with Crippen LogP contribution in [0.3, 0.4) is 0 Å². The molecule has 0 aliphatic carbocycles. The zero-order chi connectivity index (χ0) is 13.0. The fourth-order valence-electron chi connectivity index (χ4n) is 2.63. The monoisotopic (exact) mass is 266 g/mol. The molecule has 2 unspecified atom stereocenters. The van der Waals surface area contributed by atoms with Gasteiger partial charge in [0, 0.05) is 36.7 Å². The third kappa shape index (κ3) is 3.71. The Hall–Kier alpha value is -0.570. The SMILES string of the molecule is CCCC1CN(Cc2cccc(Cl)c2)C(C)CN1. The molecule has 1 aliphatic rings. The number of benzene rings is 1. The van der Waals surface area contributed by atoms with Gasteiger partial charge in [-0.25, -0.2) is 0 Å². The highest BCUT2D eigenvalue weighted by Gasteiger charge is 2.24. The predicted octanol–water partition coefficient (Wildman–Crippen LogP) is 3.30. The van der Waals surface area contributed by atoms with Crippen LogP contribution in [0.15, 0.2) is 24.3 Å². The van der Waals surface area contributed by atoms with Gasteiger partial charge in [0.1, 0.15) is 0 Å². The first kappa shape index (κ1) is 13.9. The lowest BCUT2D eigenvalue weighted by Crippen LogP contribution is -2.54. The summed E-state index contributed by atoms with van der Waals surface area (Å²) in [5.74, 6) is 0. The highest BCUT2D eigenvalue weighted by Crippen LogP contribution is 2.17. The molecule has 0 bridgehead atoms. The quantitative estimate of drug-likeness (QED) is 0.900. The normalized spacial score (nSPS) is 25.3. The van der Waals surface area contributed by atoms with E-state index in [1.165, 1.54) is 18.4 Å². The van der Waals surface area contributed by atoms with Gasteiger partial charge in [0.2, 0.25) is 0 Å². The van der Waals surface area contributed by atoms with Crippen LogP contribution in [-0.2, 0) is 6.54 Å². The molecule has 0 amide bonds. The molecular formula is C15H23ClN2. The first-order chi connectivity index (χ1) is 8.69. The average Bonchev–Trinajstić information content (AvgIpc) is 2.34. The number of nitrogens with one attached hydrogen (secondary N) is 1. The maximum Gasteiger partial charge on any atom is 0.0409 e. The lowest BCUT2D eigenvalue weighted by molar-refractivity contribution is 0.129. The Balaban J connectivity index is 1.98. The lowest BCUT2D eigenvalue weighted by atomic mass is 10.0. The van der Waals surface area contributed by atoms with Crippen molar-refractivity contribution in [2.45, 2.75) is 45.3 Å². The van der Waals surface area contributed by atoms with Crippen molar-refractivity contribution >= 4 is 11.6 Å². The van der Waals surface area contributed by atoms with E-state index in [-0.39, 0.29) is 0 Å². The molecule has 1 N–H and O–H groups in total. The van der Waals surface area contributed by atoms with Crippen molar-refractivity contribution in [2.24, 2.45) is 0 Å². The van der Waals surface area contributed by atoms with Gasteiger partial charge >= 0.3 is 0 Å². The summed E-state index contributed by atoms with van der Waals surface area (Å²) in [7, 11) is 0. The molecule has 1 saturated heterocycles. The van der Waals surface area contributed by atoms with Gasteiger partial charge in [-0.3, -0.25) is 4.90 Å². The van der Waals surface area contributed by atoms with Crippen LogP contribution < -0.4 is 5.32 Å². The zero-order valence-electron chi connectivity index (χ0n) is 11.3. The molecule has 2 nitrogen and oxygen atoms in total. The number of hydrogen-bond donors (Lipinski definition) is 1. The molecule has 18 heavy (non-hydrogen) atoms. The lowest BCUT2D eigenvalue weighted by Gasteiger charge is -2.39. The molecule has 3 heteroatoms. The number of rotatable bonds is 4. The highest BCUT2D eigenvalue weighted by atomic mass is 35.5. The maximum atomic E-state index is 6.05. The molecule has 0 saturated carbocycles. The van der Waals surface area contributed by atoms with Gasteiger partial charge < -0.3 is 5.32 Å². The third-order valence-electron chi connectivity index (χ3n) is 3.69. The highest BCUT2D eigenvalue weighted by molar-refractivity contribution is 6.30. The van der Waals surface area contributed by atoms with Crippen LogP contribution in [0.5, 0.6) is 0 Å². The van der Waals surface area contributed by atoms with Crippen molar-refractivity contribution in [3.8, 4) is 0 Å². The minimum absolute atomic E-state index is 0.595. The molecular weight excluding hydrogens is 244 g/mol. The van der Waals surface area contributed by atoms with Gasteiger partial charge in [0.15, 0.2) is 0 Å². The Morgan fingerprint density at radius 2 is 2.28 bits per heavy atom. The molecule has 1 heterocycles. The topological polar surface area (TPSA) is 15.3 Å². The molecule has 1 aromatic rings. The standard InChI is InChI=1S/C15H23ClN2/c1-3-5-15-11-18(12(2)9-17-15)10-13-6-4-7-14(16)8-13/h4,6-8,12,15,17H,3,5,9-11H2,1-2H3. The van der Waals surface area contributed by atoms with Crippen LogP contribution in [-0.4, -0.2) is 30.1 Å². The Morgan fingerprint density at radius 3 is 3.00 bits per heavy atom. The Kier molecular flexibility index (Phi) is 5.04. The summed E-state index contributed by atoms with van der Waals surface area (Å²) in [6.45, 7) is 7.77. The van der Waals surface area contributed by atoms with Crippen LogP contribution in [0.1, 0.15) is 32.3 Å². The van der Waals surface area contributed by atoms with Crippen molar-refractivity contribution < 1.29 is 0 Å². The number of halogens is 1. The molecule has 2 atom stereocenters. The third-order valence-corrected chi connectivity index (χ3v) is 3.93. The zero-order valence-corrected chi connectivity index (χ0v) is 12.1. The van der Waals surface area contributed by atoms with Gasteiger partial charge in [-0.1, -0.05) is 37.1 Å². The Bertz CT molecular complexity index is 381. The van der Waals surface area contributed by atoms with Crippen molar-refractivity contribution in [1.82, 2.24) is 10.2 Å². The van der Waals surface area contributed by atoms with Crippen molar-refractivity contribution in [3.05, 3.63) is 34.9 Å². The van der Waals surface area contributed by atoms with Crippen molar-refractivity contribution in [3.63, 3.8) is 0 Å². The maximum absolute atomic E-state index is 6.05. The second kappa shape index (κ2) is 6.55. The summed E-state index contributed by atoms with van der Waals surface area (Å²) >= 11 is 6.05. The first-order valence-corrected chi connectivity index (χ1v) is 7.28. The van der Waals surface area contributed by atoms with Crippen LogP contribution in [0.25, 0.3) is 0 Å². The van der Waals surface area contributed by atoms with E-state index in [0.717, 1.165) is 24.7 Å². The summed E-state index contributed by atoms with van der Waals surface area (Å²) < 4.78 is 0. The Morgan fingerprint density at radius 1 is 1.44 bits per heavy atom. The molecule has 0 radical (unpaired) electrons. The summed E-state index contributed by atoms with van der Waals surface area (Å²) in [5.41, 5.74) is 1.31. The summed E-state index contributed by atoms with van der Waals surface area (Å²) in [6.07, 6.45) is 2.51. The largest absolute Gasteiger partial charge is 0.311 e.